The van der Waals surface area contributed by atoms with E-state index >= 15 is 0 Å². The fourth-order valence-corrected chi connectivity index (χ4v) is 2.28. The Morgan fingerprint density at radius 1 is 1.38 bits per heavy atom. The minimum Gasteiger partial charge on any atom is -0.469 e. The molecule has 1 saturated heterocycles. The predicted molar refractivity (Wildman–Crippen MR) is 70.2 cm³/mol. The highest BCUT2D eigenvalue weighted by Crippen LogP contribution is 2.14. The number of hydrogen-bond donors (Lipinski definition) is 1. The average molecular weight is 298 g/mol. The van der Waals surface area contributed by atoms with E-state index in [1.54, 1.807) is 0 Å². The van der Waals surface area contributed by atoms with Crippen LogP contribution in [0.4, 0.5) is 8.78 Å². The maximum atomic E-state index is 13.2. The van der Waals surface area contributed by atoms with Crippen LogP contribution in [-0.4, -0.2) is 43.0 Å². The summed E-state index contributed by atoms with van der Waals surface area (Å²) in [5, 5.41) is 2.93. The summed E-state index contributed by atoms with van der Waals surface area (Å²) in [4.78, 5) is 24.9. The van der Waals surface area contributed by atoms with Crippen molar-refractivity contribution in [2.75, 3.05) is 20.2 Å². The summed E-state index contributed by atoms with van der Waals surface area (Å²) in [5.74, 6) is -2.13. The molecule has 1 atom stereocenters. The van der Waals surface area contributed by atoms with Crippen LogP contribution in [-0.2, 0) is 20.9 Å². The Bertz CT molecular complexity index is 531. The molecule has 5 nitrogen and oxygen atoms in total. The van der Waals surface area contributed by atoms with Crippen molar-refractivity contribution in [3.05, 3.63) is 35.4 Å². The van der Waals surface area contributed by atoms with E-state index in [0.29, 0.717) is 18.7 Å². The molecule has 1 aliphatic heterocycles. The summed E-state index contributed by atoms with van der Waals surface area (Å²) >= 11 is 0. The van der Waals surface area contributed by atoms with Crippen molar-refractivity contribution in [1.82, 2.24) is 10.2 Å². The van der Waals surface area contributed by atoms with Crippen LogP contribution in [0.15, 0.2) is 18.2 Å². The topological polar surface area (TPSA) is 58.6 Å². The fraction of sp³-hybridized carbons (Fsp3) is 0.429. The van der Waals surface area contributed by atoms with Gasteiger partial charge >= 0.3 is 5.97 Å². The van der Waals surface area contributed by atoms with Gasteiger partial charge in [0.15, 0.2) is 0 Å². The molecule has 0 spiro atoms. The molecule has 0 bridgehead atoms. The first-order chi connectivity index (χ1) is 9.99. The number of carbonyl (C=O) groups excluding carboxylic acids is 2. The van der Waals surface area contributed by atoms with E-state index in [1.165, 1.54) is 24.1 Å². The highest BCUT2D eigenvalue weighted by Gasteiger charge is 2.30. The zero-order valence-electron chi connectivity index (χ0n) is 11.6. The van der Waals surface area contributed by atoms with E-state index in [2.05, 4.69) is 10.1 Å². The molecule has 1 amide bonds. The average Bonchev–Trinajstić information content (AvgIpc) is 2.42. The number of ether oxygens (including phenoxy) is 1. The summed E-state index contributed by atoms with van der Waals surface area (Å²) < 4.78 is 30.9. The van der Waals surface area contributed by atoms with Gasteiger partial charge in [-0.25, -0.2) is 8.78 Å². The molecule has 1 aliphatic rings. The van der Waals surface area contributed by atoms with Gasteiger partial charge in [0.05, 0.1) is 19.6 Å². The van der Waals surface area contributed by atoms with Gasteiger partial charge in [0.2, 0.25) is 5.91 Å². The number of piperazine rings is 1. The van der Waals surface area contributed by atoms with Gasteiger partial charge in [0, 0.05) is 25.7 Å². The number of amides is 1. The minimum atomic E-state index is -0.682. The Kier molecular flexibility index (Phi) is 4.85. The molecule has 1 heterocycles. The van der Waals surface area contributed by atoms with Gasteiger partial charge in [-0.05, 0) is 17.7 Å². The maximum Gasteiger partial charge on any atom is 0.307 e. The van der Waals surface area contributed by atoms with Crippen molar-refractivity contribution in [2.24, 2.45) is 0 Å². The predicted octanol–water partition coefficient (Wildman–Crippen LogP) is 0.828. The van der Waals surface area contributed by atoms with Crippen LogP contribution in [0, 0.1) is 11.6 Å². The van der Waals surface area contributed by atoms with E-state index in [4.69, 9.17) is 0 Å². The van der Waals surface area contributed by atoms with Crippen molar-refractivity contribution >= 4 is 11.9 Å². The first-order valence-corrected chi connectivity index (χ1v) is 6.53. The SMILES string of the molecule is COC(=O)CC1NCCN(Cc2cc(F)cc(F)c2)C1=O. The summed E-state index contributed by atoms with van der Waals surface area (Å²) in [6.45, 7) is 1.02. The lowest BCUT2D eigenvalue weighted by molar-refractivity contribution is -0.146. The molecule has 114 valence electrons. The molecule has 0 saturated carbocycles. The van der Waals surface area contributed by atoms with Crippen LogP contribution in [0.1, 0.15) is 12.0 Å². The maximum absolute atomic E-state index is 13.2. The second kappa shape index (κ2) is 6.62. The van der Waals surface area contributed by atoms with E-state index in [-0.39, 0.29) is 18.9 Å². The van der Waals surface area contributed by atoms with Gasteiger partial charge in [-0.3, -0.25) is 9.59 Å². The Hall–Kier alpha value is -2.02. The summed E-state index contributed by atoms with van der Waals surface area (Å²) in [6.07, 6.45) is -0.0661. The normalized spacial score (nSPS) is 18.7. The highest BCUT2D eigenvalue weighted by molar-refractivity contribution is 5.87. The molecular weight excluding hydrogens is 282 g/mol. The second-order valence-electron chi connectivity index (χ2n) is 4.82. The summed E-state index contributed by atoms with van der Waals surface area (Å²) in [7, 11) is 1.25. The Labute approximate surface area is 120 Å². The quantitative estimate of drug-likeness (QED) is 0.837. The number of nitrogens with one attached hydrogen (secondary N) is 1. The van der Waals surface area contributed by atoms with Gasteiger partial charge < -0.3 is 15.0 Å². The number of nitrogens with zero attached hydrogens (tertiary/aromatic N) is 1. The third kappa shape index (κ3) is 3.98. The van der Waals surface area contributed by atoms with E-state index in [0.717, 1.165) is 6.07 Å². The molecular formula is C14H16F2N2O3. The molecule has 1 aromatic rings. The lowest BCUT2D eigenvalue weighted by Crippen LogP contribution is -2.55. The second-order valence-corrected chi connectivity index (χ2v) is 4.82. The Morgan fingerprint density at radius 2 is 2.05 bits per heavy atom. The van der Waals surface area contributed by atoms with Crippen molar-refractivity contribution in [1.29, 1.82) is 0 Å². The van der Waals surface area contributed by atoms with Crippen molar-refractivity contribution in [2.45, 2.75) is 19.0 Å². The van der Waals surface area contributed by atoms with Crippen LogP contribution in [0.5, 0.6) is 0 Å². The molecule has 2 rings (SSSR count). The standard InChI is InChI=1S/C14H16F2N2O3/c1-21-13(19)7-12-14(20)18(3-2-17-12)8-9-4-10(15)6-11(16)5-9/h4-6,12,17H,2-3,7-8H2,1H3. The van der Waals surface area contributed by atoms with E-state index < -0.39 is 23.6 Å². The van der Waals surface area contributed by atoms with Crippen molar-refractivity contribution in [3.63, 3.8) is 0 Å². The number of esters is 1. The molecule has 0 aromatic heterocycles. The smallest absolute Gasteiger partial charge is 0.307 e. The molecule has 7 heteroatoms. The molecule has 1 aromatic carbocycles. The number of benzene rings is 1. The Morgan fingerprint density at radius 3 is 2.67 bits per heavy atom. The third-order valence-corrected chi connectivity index (χ3v) is 3.28. The van der Waals surface area contributed by atoms with Crippen LogP contribution >= 0.6 is 0 Å². The number of methoxy groups -OCH3 is 1. The minimum absolute atomic E-state index is 0.0661. The molecule has 1 unspecified atom stereocenters. The lowest BCUT2D eigenvalue weighted by atomic mass is 10.1. The van der Waals surface area contributed by atoms with Crippen LogP contribution in [0.2, 0.25) is 0 Å². The van der Waals surface area contributed by atoms with Gasteiger partial charge in [0.25, 0.3) is 0 Å². The number of rotatable bonds is 4. The van der Waals surface area contributed by atoms with Crippen molar-refractivity contribution < 1.29 is 23.1 Å². The summed E-state index contributed by atoms with van der Waals surface area (Å²) in [5.41, 5.74) is 0.375. The largest absolute Gasteiger partial charge is 0.469 e. The van der Waals surface area contributed by atoms with Crippen molar-refractivity contribution in [3.8, 4) is 0 Å². The first-order valence-electron chi connectivity index (χ1n) is 6.53. The third-order valence-electron chi connectivity index (χ3n) is 3.28. The number of hydrogen-bond acceptors (Lipinski definition) is 4. The summed E-state index contributed by atoms with van der Waals surface area (Å²) in [6, 6.07) is 2.49. The lowest BCUT2D eigenvalue weighted by Gasteiger charge is -2.32. The molecule has 1 fully saturated rings. The number of halogens is 2. The van der Waals surface area contributed by atoms with Crippen LogP contribution in [0.3, 0.4) is 0 Å². The van der Waals surface area contributed by atoms with E-state index in [9.17, 15) is 18.4 Å². The molecule has 21 heavy (non-hydrogen) atoms. The zero-order chi connectivity index (χ0) is 15.4. The van der Waals surface area contributed by atoms with Gasteiger partial charge in [-0.2, -0.15) is 0 Å². The molecule has 1 N–H and O–H groups in total. The van der Waals surface area contributed by atoms with Gasteiger partial charge in [0.1, 0.15) is 11.6 Å². The number of carbonyl (C=O) groups is 2. The molecule has 0 aliphatic carbocycles. The van der Waals surface area contributed by atoms with Gasteiger partial charge in [-0.1, -0.05) is 0 Å². The van der Waals surface area contributed by atoms with Crippen LogP contribution in [0.25, 0.3) is 0 Å². The first kappa shape index (κ1) is 15.4. The fourth-order valence-electron chi connectivity index (χ4n) is 2.28. The zero-order valence-corrected chi connectivity index (χ0v) is 11.6. The molecule has 0 radical (unpaired) electrons. The Balaban J connectivity index is 2.05. The monoisotopic (exact) mass is 298 g/mol. The van der Waals surface area contributed by atoms with E-state index in [1.807, 2.05) is 0 Å². The van der Waals surface area contributed by atoms with Gasteiger partial charge in [-0.15, -0.1) is 0 Å². The van der Waals surface area contributed by atoms with Crippen LogP contribution < -0.4 is 5.32 Å². The highest BCUT2D eigenvalue weighted by atomic mass is 19.1.